The van der Waals surface area contributed by atoms with Crippen LogP contribution in [-0.2, 0) is 27.8 Å². The van der Waals surface area contributed by atoms with Crippen LogP contribution in [0.2, 0.25) is 0 Å². The van der Waals surface area contributed by atoms with E-state index in [1.54, 1.807) is 18.3 Å². The first-order valence-electron chi connectivity index (χ1n) is 9.15. The quantitative estimate of drug-likeness (QED) is 0.691. The van der Waals surface area contributed by atoms with Gasteiger partial charge in [-0.3, -0.25) is 9.00 Å². The number of hydrogen-bond acceptors (Lipinski definition) is 4. The molecular weight excluding hydrogens is 364 g/mol. The molecule has 0 saturated carbocycles. The van der Waals surface area contributed by atoms with E-state index in [0.717, 1.165) is 35.5 Å². The molecule has 2 aromatic rings. The highest BCUT2D eigenvalue weighted by Gasteiger charge is 2.22. The Hall–Kier alpha value is -1.53. The molecule has 0 fully saturated rings. The minimum absolute atomic E-state index is 0.115. The molecule has 1 aromatic carbocycles. The molecule has 142 valence electrons. The van der Waals surface area contributed by atoms with Gasteiger partial charge in [-0.2, -0.15) is 0 Å². The number of carbonyl (C=O) groups excluding carboxylic acids is 1. The Morgan fingerprint density at radius 3 is 2.54 bits per heavy atom. The third-order valence-electron chi connectivity index (χ3n) is 4.32. The molecular formula is C20H28N2O2S2. The minimum atomic E-state index is -1.28. The van der Waals surface area contributed by atoms with Crippen molar-refractivity contribution in [1.82, 2.24) is 10.3 Å². The van der Waals surface area contributed by atoms with Gasteiger partial charge in [0.1, 0.15) is 10.3 Å². The molecule has 1 heterocycles. The molecule has 6 heteroatoms. The summed E-state index contributed by atoms with van der Waals surface area (Å²) in [6.45, 7) is 7.92. The maximum absolute atomic E-state index is 12.5. The molecule has 4 nitrogen and oxygen atoms in total. The number of aryl methyl sites for hydroxylation is 1. The number of benzene rings is 1. The second-order valence-electron chi connectivity index (χ2n) is 6.56. The molecule has 3 atom stereocenters. The molecule has 0 aliphatic heterocycles. The minimum Gasteiger partial charge on any atom is -0.353 e. The van der Waals surface area contributed by atoms with Crippen LogP contribution in [0.3, 0.4) is 0 Å². The highest BCUT2D eigenvalue weighted by molar-refractivity contribution is 7.85. The number of aromatic nitrogens is 1. The van der Waals surface area contributed by atoms with Gasteiger partial charge in [-0.05, 0) is 32.3 Å². The fraction of sp³-hybridized carbons (Fsp3) is 0.500. The third-order valence-corrected chi connectivity index (χ3v) is 6.85. The number of rotatable bonds is 9. The van der Waals surface area contributed by atoms with Crippen LogP contribution in [0.1, 0.15) is 51.8 Å². The van der Waals surface area contributed by atoms with Crippen LogP contribution >= 0.6 is 11.3 Å². The molecule has 0 aliphatic carbocycles. The molecule has 0 aliphatic rings. The van der Waals surface area contributed by atoms with Crippen LogP contribution in [0, 0.1) is 0 Å². The predicted octanol–water partition coefficient (Wildman–Crippen LogP) is 4.31. The Labute approximate surface area is 162 Å². The van der Waals surface area contributed by atoms with E-state index in [1.807, 2.05) is 12.3 Å². The first-order valence-corrected chi connectivity index (χ1v) is 11.4. The van der Waals surface area contributed by atoms with Crippen molar-refractivity contribution in [2.24, 2.45) is 0 Å². The first-order chi connectivity index (χ1) is 12.4. The van der Waals surface area contributed by atoms with Gasteiger partial charge in [0, 0.05) is 27.8 Å². The van der Waals surface area contributed by atoms with Gasteiger partial charge in [-0.15, -0.1) is 11.3 Å². The predicted molar refractivity (Wildman–Crippen MR) is 111 cm³/mol. The lowest BCUT2D eigenvalue weighted by molar-refractivity contribution is -0.121. The van der Waals surface area contributed by atoms with Crippen molar-refractivity contribution in [3.05, 3.63) is 40.9 Å². The number of nitrogens with one attached hydrogen (secondary N) is 1. The molecule has 1 aromatic heterocycles. The Balaban J connectivity index is 1.96. The van der Waals surface area contributed by atoms with E-state index in [2.05, 4.69) is 48.4 Å². The van der Waals surface area contributed by atoms with Crippen LogP contribution in [0.4, 0.5) is 0 Å². The molecule has 26 heavy (non-hydrogen) atoms. The van der Waals surface area contributed by atoms with Crippen LogP contribution in [0.15, 0.2) is 29.6 Å². The standard InChI is InChI=1S/C20H28N2O2S2/c1-5-7-14(3)21-19(23)15(4)26(24)13-18-12-25-20(22-18)17-10-8-16(6-2)9-11-17/h8-12,14-15H,5-7,13H2,1-4H3,(H,21,23). The van der Waals surface area contributed by atoms with E-state index >= 15 is 0 Å². The summed E-state index contributed by atoms with van der Waals surface area (Å²) in [4.78, 5) is 16.8. The van der Waals surface area contributed by atoms with Crippen molar-refractivity contribution in [3.8, 4) is 10.6 Å². The summed E-state index contributed by atoms with van der Waals surface area (Å²) in [5.74, 6) is 0.162. The number of hydrogen-bond donors (Lipinski definition) is 1. The lowest BCUT2D eigenvalue weighted by Gasteiger charge is -2.16. The van der Waals surface area contributed by atoms with Gasteiger partial charge < -0.3 is 5.32 Å². The van der Waals surface area contributed by atoms with Crippen LogP contribution < -0.4 is 5.32 Å². The Morgan fingerprint density at radius 1 is 1.23 bits per heavy atom. The van der Waals surface area contributed by atoms with E-state index in [9.17, 15) is 9.00 Å². The molecule has 1 N–H and O–H groups in total. The molecule has 0 spiro atoms. The van der Waals surface area contributed by atoms with Crippen LogP contribution in [-0.4, -0.2) is 26.4 Å². The second-order valence-corrected chi connectivity index (χ2v) is 9.18. The summed E-state index contributed by atoms with van der Waals surface area (Å²) in [5, 5.41) is 5.26. The number of amides is 1. The Kier molecular flexibility index (Phi) is 7.97. The number of nitrogens with zero attached hydrogens (tertiary/aromatic N) is 1. The van der Waals surface area contributed by atoms with E-state index in [0.29, 0.717) is 5.75 Å². The van der Waals surface area contributed by atoms with Gasteiger partial charge >= 0.3 is 0 Å². The summed E-state index contributed by atoms with van der Waals surface area (Å²) >= 11 is 1.55. The average Bonchev–Trinajstić information content (AvgIpc) is 3.09. The van der Waals surface area contributed by atoms with Crippen molar-refractivity contribution in [1.29, 1.82) is 0 Å². The largest absolute Gasteiger partial charge is 0.353 e. The topological polar surface area (TPSA) is 59.1 Å². The van der Waals surface area contributed by atoms with Gasteiger partial charge in [0.15, 0.2) is 0 Å². The summed E-state index contributed by atoms with van der Waals surface area (Å²) < 4.78 is 12.5. The van der Waals surface area contributed by atoms with Crippen molar-refractivity contribution >= 4 is 28.0 Å². The van der Waals surface area contributed by atoms with Crippen molar-refractivity contribution in [2.45, 2.75) is 64.0 Å². The van der Waals surface area contributed by atoms with E-state index in [-0.39, 0.29) is 11.9 Å². The highest BCUT2D eigenvalue weighted by atomic mass is 32.2. The zero-order valence-corrected chi connectivity index (χ0v) is 17.6. The zero-order valence-electron chi connectivity index (χ0n) is 16.0. The summed E-state index contributed by atoms with van der Waals surface area (Å²) in [7, 11) is -1.28. The maximum atomic E-state index is 12.5. The molecule has 0 radical (unpaired) electrons. The Morgan fingerprint density at radius 2 is 1.92 bits per heavy atom. The van der Waals surface area contributed by atoms with E-state index < -0.39 is 16.0 Å². The summed E-state index contributed by atoms with van der Waals surface area (Å²) in [6, 6.07) is 8.48. The third kappa shape index (κ3) is 5.74. The number of carbonyl (C=O) groups is 1. The highest BCUT2D eigenvalue weighted by Crippen LogP contribution is 2.25. The van der Waals surface area contributed by atoms with Crippen LogP contribution in [0.5, 0.6) is 0 Å². The fourth-order valence-electron chi connectivity index (χ4n) is 2.64. The molecule has 1 amide bonds. The van der Waals surface area contributed by atoms with Crippen molar-refractivity contribution < 1.29 is 9.00 Å². The monoisotopic (exact) mass is 392 g/mol. The normalized spacial score (nSPS) is 14.6. The first kappa shape index (κ1) is 20.8. The van der Waals surface area contributed by atoms with Gasteiger partial charge in [-0.25, -0.2) is 4.98 Å². The average molecular weight is 393 g/mol. The Bertz CT molecular complexity index is 741. The molecule has 0 saturated heterocycles. The lowest BCUT2D eigenvalue weighted by Crippen LogP contribution is -2.40. The number of thiazole rings is 1. The SMILES string of the molecule is CCCC(C)NC(=O)C(C)S(=O)Cc1csc(-c2ccc(CC)cc2)n1. The van der Waals surface area contributed by atoms with E-state index in [4.69, 9.17) is 0 Å². The fourth-order valence-corrected chi connectivity index (χ4v) is 4.57. The smallest absolute Gasteiger partial charge is 0.235 e. The molecule has 0 bridgehead atoms. The van der Waals surface area contributed by atoms with Crippen LogP contribution in [0.25, 0.3) is 10.6 Å². The van der Waals surface area contributed by atoms with Crippen molar-refractivity contribution in [2.75, 3.05) is 0 Å². The van der Waals surface area contributed by atoms with Gasteiger partial charge in [0.25, 0.3) is 0 Å². The summed E-state index contributed by atoms with van der Waals surface area (Å²) in [5.41, 5.74) is 3.15. The van der Waals surface area contributed by atoms with Gasteiger partial charge in [-0.1, -0.05) is 44.5 Å². The maximum Gasteiger partial charge on any atom is 0.235 e. The molecule has 2 rings (SSSR count). The summed E-state index contributed by atoms with van der Waals surface area (Å²) in [6.07, 6.45) is 2.95. The van der Waals surface area contributed by atoms with Crippen molar-refractivity contribution in [3.63, 3.8) is 0 Å². The van der Waals surface area contributed by atoms with E-state index in [1.165, 1.54) is 5.56 Å². The zero-order chi connectivity index (χ0) is 19.1. The van der Waals surface area contributed by atoms with Gasteiger partial charge in [0.2, 0.25) is 5.91 Å². The van der Waals surface area contributed by atoms with Gasteiger partial charge in [0.05, 0.1) is 11.4 Å². The molecule has 3 unspecified atom stereocenters. The lowest BCUT2D eigenvalue weighted by atomic mass is 10.1. The second kappa shape index (κ2) is 9.97.